The molecular formula is C28H20ClN3O3. The summed E-state index contributed by atoms with van der Waals surface area (Å²) in [5, 5.41) is 7.61. The van der Waals surface area contributed by atoms with Gasteiger partial charge in [0.05, 0.1) is 5.69 Å². The van der Waals surface area contributed by atoms with E-state index < -0.39 is 11.8 Å². The zero-order valence-corrected chi connectivity index (χ0v) is 19.5. The first-order chi connectivity index (χ1) is 16.9. The minimum atomic E-state index is -0.604. The van der Waals surface area contributed by atoms with Crippen LogP contribution in [0.5, 0.6) is 0 Å². The van der Waals surface area contributed by atoms with E-state index in [0.29, 0.717) is 22.6 Å². The third-order valence-electron chi connectivity index (χ3n) is 5.75. The number of benzene rings is 4. The molecule has 1 heterocycles. The van der Waals surface area contributed by atoms with E-state index >= 15 is 0 Å². The van der Waals surface area contributed by atoms with Crippen LogP contribution in [0.15, 0.2) is 102 Å². The molecule has 0 saturated heterocycles. The van der Waals surface area contributed by atoms with Crippen LogP contribution in [0.4, 0.5) is 17.1 Å². The molecule has 0 radical (unpaired) electrons. The second-order valence-electron chi connectivity index (χ2n) is 8.16. The summed E-state index contributed by atoms with van der Waals surface area (Å²) in [5.41, 5.74) is 2.93. The first kappa shape index (κ1) is 22.4. The Bertz CT molecular complexity index is 1520. The number of carbonyl (C=O) groups is 3. The Balaban J connectivity index is 1.37. The fraction of sp³-hybridized carbons (Fsp3) is 0.0357. The van der Waals surface area contributed by atoms with E-state index in [0.717, 1.165) is 21.2 Å². The van der Waals surface area contributed by atoms with Crippen LogP contribution in [-0.2, 0) is 9.59 Å². The highest BCUT2D eigenvalue weighted by atomic mass is 35.5. The molecule has 6 nitrogen and oxygen atoms in total. The van der Waals surface area contributed by atoms with Crippen molar-refractivity contribution in [1.29, 1.82) is 0 Å². The number of nitrogens with zero attached hydrogens (tertiary/aromatic N) is 1. The molecule has 7 heteroatoms. The zero-order valence-electron chi connectivity index (χ0n) is 18.7. The number of amides is 3. The smallest absolute Gasteiger partial charge is 0.283 e. The molecule has 5 rings (SSSR count). The molecule has 0 saturated carbocycles. The number of hydrogen-bond donors (Lipinski definition) is 2. The van der Waals surface area contributed by atoms with Crippen molar-refractivity contribution in [3.63, 3.8) is 0 Å². The molecule has 0 aromatic heterocycles. The molecule has 0 bridgehead atoms. The fourth-order valence-corrected chi connectivity index (χ4v) is 4.16. The normalized spacial score (nSPS) is 13.5. The van der Waals surface area contributed by atoms with Gasteiger partial charge in [0, 0.05) is 22.3 Å². The Labute approximate surface area is 206 Å². The number of imide groups is 1. The Morgan fingerprint density at radius 1 is 0.829 bits per heavy atom. The molecule has 0 unspecified atom stereocenters. The second-order valence-corrected chi connectivity index (χ2v) is 8.53. The number of fused-ring (bicyclic) bond motifs is 1. The van der Waals surface area contributed by atoms with Crippen molar-refractivity contribution >= 4 is 57.2 Å². The highest BCUT2D eigenvalue weighted by molar-refractivity contribution is 6.53. The number of aryl methyl sites for hydroxylation is 1. The second kappa shape index (κ2) is 9.08. The molecule has 0 spiro atoms. The lowest BCUT2D eigenvalue weighted by atomic mass is 10.1. The van der Waals surface area contributed by atoms with Gasteiger partial charge >= 0.3 is 0 Å². The quantitative estimate of drug-likeness (QED) is 0.351. The van der Waals surface area contributed by atoms with Gasteiger partial charge in [-0.3, -0.25) is 14.4 Å². The Morgan fingerprint density at radius 2 is 1.54 bits per heavy atom. The maximum Gasteiger partial charge on any atom is 0.283 e. The molecule has 4 aromatic rings. The van der Waals surface area contributed by atoms with Crippen molar-refractivity contribution in [1.82, 2.24) is 0 Å². The lowest BCUT2D eigenvalue weighted by molar-refractivity contribution is -0.120. The summed E-state index contributed by atoms with van der Waals surface area (Å²) in [6, 6.07) is 27.1. The number of rotatable bonds is 5. The Kier molecular flexibility index (Phi) is 5.81. The number of anilines is 3. The standard InChI is InChI=1S/C28H20ClN3O3/c1-17-12-14-21(15-13-17)32-27(34)24(29)25(28(32)35)30-20-9-4-8-19(16-20)26(33)31-23-11-5-7-18-6-2-3-10-22(18)23/h2-16,30H,1H3,(H,31,33). The predicted octanol–water partition coefficient (Wildman–Crippen LogP) is 5.84. The number of halogens is 1. The van der Waals surface area contributed by atoms with Gasteiger partial charge in [0.15, 0.2) is 0 Å². The SMILES string of the molecule is Cc1ccc(N2C(=O)C(Cl)=C(Nc3cccc(C(=O)Nc4cccc5ccccc45)c3)C2=O)cc1. The molecule has 3 amide bonds. The molecule has 172 valence electrons. The fourth-order valence-electron chi connectivity index (χ4n) is 3.95. The van der Waals surface area contributed by atoms with Crippen LogP contribution in [0.2, 0.25) is 0 Å². The average molecular weight is 482 g/mol. The average Bonchev–Trinajstić information content (AvgIpc) is 3.08. The van der Waals surface area contributed by atoms with E-state index in [-0.39, 0.29) is 16.6 Å². The third kappa shape index (κ3) is 4.27. The molecule has 4 aromatic carbocycles. The highest BCUT2D eigenvalue weighted by Crippen LogP contribution is 2.30. The van der Waals surface area contributed by atoms with Crippen LogP contribution in [0, 0.1) is 6.92 Å². The van der Waals surface area contributed by atoms with Crippen LogP contribution in [0.25, 0.3) is 10.8 Å². The number of carbonyl (C=O) groups excluding carboxylic acids is 3. The van der Waals surface area contributed by atoms with E-state index in [2.05, 4.69) is 10.6 Å². The summed E-state index contributed by atoms with van der Waals surface area (Å²) in [4.78, 5) is 39.7. The summed E-state index contributed by atoms with van der Waals surface area (Å²) >= 11 is 6.24. The monoisotopic (exact) mass is 481 g/mol. The van der Waals surface area contributed by atoms with E-state index in [9.17, 15) is 14.4 Å². The molecule has 1 aliphatic rings. The van der Waals surface area contributed by atoms with Gasteiger partial charge in [-0.05, 0) is 48.7 Å². The largest absolute Gasteiger partial charge is 0.350 e. The molecule has 0 atom stereocenters. The van der Waals surface area contributed by atoms with E-state index in [1.54, 1.807) is 36.4 Å². The van der Waals surface area contributed by atoms with Crippen LogP contribution in [0.3, 0.4) is 0 Å². The predicted molar refractivity (Wildman–Crippen MR) is 139 cm³/mol. The summed E-state index contributed by atoms with van der Waals surface area (Å²) in [6.45, 7) is 1.92. The van der Waals surface area contributed by atoms with Crippen molar-refractivity contribution in [2.24, 2.45) is 0 Å². The maximum absolute atomic E-state index is 13.0. The van der Waals surface area contributed by atoms with Crippen molar-refractivity contribution in [3.8, 4) is 0 Å². The Hall–Kier alpha value is -4.42. The summed E-state index contributed by atoms with van der Waals surface area (Å²) in [6.07, 6.45) is 0. The van der Waals surface area contributed by atoms with Crippen molar-refractivity contribution in [2.45, 2.75) is 6.92 Å². The van der Waals surface area contributed by atoms with Crippen LogP contribution in [0.1, 0.15) is 15.9 Å². The lowest BCUT2D eigenvalue weighted by Gasteiger charge is -2.15. The van der Waals surface area contributed by atoms with E-state index in [4.69, 9.17) is 11.6 Å². The van der Waals surface area contributed by atoms with Gasteiger partial charge < -0.3 is 10.6 Å². The minimum absolute atomic E-state index is 0.0381. The first-order valence-electron chi connectivity index (χ1n) is 10.9. The van der Waals surface area contributed by atoms with Crippen LogP contribution < -0.4 is 15.5 Å². The topological polar surface area (TPSA) is 78.5 Å². The molecule has 35 heavy (non-hydrogen) atoms. The van der Waals surface area contributed by atoms with Gasteiger partial charge in [-0.15, -0.1) is 0 Å². The Morgan fingerprint density at radius 3 is 2.34 bits per heavy atom. The van der Waals surface area contributed by atoms with Crippen molar-refractivity contribution in [2.75, 3.05) is 15.5 Å². The van der Waals surface area contributed by atoms with E-state index in [1.165, 1.54) is 0 Å². The molecule has 0 fully saturated rings. The summed E-state index contributed by atoms with van der Waals surface area (Å²) < 4.78 is 0. The number of nitrogens with one attached hydrogen (secondary N) is 2. The molecular weight excluding hydrogens is 462 g/mol. The molecule has 1 aliphatic heterocycles. The van der Waals surface area contributed by atoms with Crippen LogP contribution in [-0.4, -0.2) is 17.7 Å². The summed E-state index contributed by atoms with van der Waals surface area (Å²) in [7, 11) is 0. The molecule has 2 N–H and O–H groups in total. The maximum atomic E-state index is 13.0. The van der Waals surface area contributed by atoms with Gasteiger partial charge in [0.2, 0.25) is 0 Å². The lowest BCUT2D eigenvalue weighted by Crippen LogP contribution is -2.32. The van der Waals surface area contributed by atoms with Gasteiger partial charge in [-0.25, -0.2) is 4.90 Å². The van der Waals surface area contributed by atoms with E-state index in [1.807, 2.05) is 61.5 Å². The number of hydrogen-bond acceptors (Lipinski definition) is 4. The molecule has 0 aliphatic carbocycles. The van der Waals surface area contributed by atoms with Crippen LogP contribution >= 0.6 is 11.6 Å². The summed E-state index contributed by atoms with van der Waals surface area (Å²) in [5.74, 6) is -1.47. The zero-order chi connectivity index (χ0) is 24.5. The van der Waals surface area contributed by atoms with Gasteiger partial charge in [0.25, 0.3) is 17.7 Å². The third-order valence-corrected chi connectivity index (χ3v) is 6.10. The minimum Gasteiger partial charge on any atom is -0.350 e. The van der Waals surface area contributed by atoms with Crippen molar-refractivity contribution < 1.29 is 14.4 Å². The van der Waals surface area contributed by atoms with Crippen molar-refractivity contribution in [3.05, 3.63) is 113 Å². The van der Waals surface area contributed by atoms with Gasteiger partial charge in [-0.1, -0.05) is 71.8 Å². The van der Waals surface area contributed by atoms with Gasteiger partial charge in [-0.2, -0.15) is 0 Å². The highest BCUT2D eigenvalue weighted by Gasteiger charge is 2.38. The first-order valence-corrected chi connectivity index (χ1v) is 11.3. The van der Waals surface area contributed by atoms with Gasteiger partial charge in [0.1, 0.15) is 10.7 Å².